The van der Waals surface area contributed by atoms with E-state index in [1.165, 1.54) is 5.56 Å². The van der Waals surface area contributed by atoms with Gasteiger partial charge >= 0.3 is 0 Å². The molecular formula is C9H11BrN2. The molecule has 2 nitrogen and oxygen atoms in total. The Labute approximate surface area is 80.6 Å². The molecule has 1 rings (SSSR count). The van der Waals surface area contributed by atoms with E-state index < -0.39 is 0 Å². The zero-order valence-electron chi connectivity index (χ0n) is 6.92. The molecule has 0 aliphatic carbocycles. The molecule has 3 heteroatoms. The van der Waals surface area contributed by atoms with Crippen LogP contribution >= 0.6 is 15.9 Å². The van der Waals surface area contributed by atoms with Crippen LogP contribution in [0.4, 0.5) is 5.69 Å². The Morgan fingerprint density at radius 1 is 1.58 bits per heavy atom. The number of alkyl halides is 1. The van der Waals surface area contributed by atoms with Gasteiger partial charge in [0.25, 0.3) is 0 Å². The summed E-state index contributed by atoms with van der Waals surface area (Å²) in [6.45, 7) is 0. The maximum atomic E-state index is 5.72. The summed E-state index contributed by atoms with van der Waals surface area (Å²) in [7, 11) is 1.74. The van der Waals surface area contributed by atoms with Crippen LogP contribution in [0.25, 0.3) is 0 Å². The highest BCUT2D eigenvalue weighted by molar-refractivity contribution is 9.08. The van der Waals surface area contributed by atoms with E-state index in [0.29, 0.717) is 0 Å². The summed E-state index contributed by atoms with van der Waals surface area (Å²) < 4.78 is 0. The lowest BCUT2D eigenvalue weighted by Gasteiger charge is -2.01. The highest BCUT2D eigenvalue weighted by Gasteiger charge is 1.96. The molecule has 0 bridgehead atoms. The van der Waals surface area contributed by atoms with E-state index in [1.54, 1.807) is 13.3 Å². The number of anilines is 1. The van der Waals surface area contributed by atoms with Gasteiger partial charge in [0, 0.05) is 29.8 Å². The molecule has 0 saturated carbocycles. The first-order valence-corrected chi connectivity index (χ1v) is 4.76. The summed E-state index contributed by atoms with van der Waals surface area (Å²) in [4.78, 5) is 3.92. The molecule has 0 spiro atoms. The topological polar surface area (TPSA) is 38.4 Å². The molecule has 0 radical (unpaired) electrons. The van der Waals surface area contributed by atoms with Crippen molar-refractivity contribution in [1.29, 1.82) is 0 Å². The van der Waals surface area contributed by atoms with Crippen LogP contribution < -0.4 is 5.73 Å². The summed E-state index contributed by atoms with van der Waals surface area (Å²) in [5.41, 5.74) is 8.68. The van der Waals surface area contributed by atoms with Gasteiger partial charge in [0.15, 0.2) is 0 Å². The van der Waals surface area contributed by atoms with E-state index in [4.69, 9.17) is 5.73 Å². The van der Waals surface area contributed by atoms with Crippen molar-refractivity contribution in [3.63, 3.8) is 0 Å². The van der Waals surface area contributed by atoms with Gasteiger partial charge in [0.1, 0.15) is 0 Å². The second kappa shape index (κ2) is 4.26. The number of hydrogen-bond donors (Lipinski definition) is 1. The standard InChI is InChI=1S/C9H11BrN2/c1-12-6-8-4-7(5-10)2-3-9(8)11/h2-4,6H,5,11H2,1H3. The maximum absolute atomic E-state index is 5.72. The molecule has 0 heterocycles. The maximum Gasteiger partial charge on any atom is 0.0403 e. The van der Waals surface area contributed by atoms with Gasteiger partial charge < -0.3 is 5.73 Å². The highest BCUT2D eigenvalue weighted by Crippen LogP contribution is 2.14. The molecule has 1 aromatic rings. The van der Waals surface area contributed by atoms with E-state index in [0.717, 1.165) is 16.6 Å². The van der Waals surface area contributed by atoms with Gasteiger partial charge in [0.2, 0.25) is 0 Å². The molecule has 0 unspecified atom stereocenters. The lowest BCUT2D eigenvalue weighted by Crippen LogP contribution is -1.94. The van der Waals surface area contributed by atoms with E-state index in [1.807, 2.05) is 18.2 Å². The van der Waals surface area contributed by atoms with Crippen LogP contribution in [0.1, 0.15) is 11.1 Å². The number of rotatable bonds is 2. The van der Waals surface area contributed by atoms with Crippen LogP contribution in [-0.2, 0) is 5.33 Å². The van der Waals surface area contributed by atoms with Crippen molar-refractivity contribution in [2.24, 2.45) is 4.99 Å². The quantitative estimate of drug-likeness (QED) is 0.469. The fourth-order valence-electron chi connectivity index (χ4n) is 0.958. The molecule has 0 amide bonds. The molecule has 0 atom stereocenters. The number of aliphatic imine (C=N–C) groups is 1. The van der Waals surface area contributed by atoms with E-state index in [-0.39, 0.29) is 0 Å². The van der Waals surface area contributed by atoms with Crippen molar-refractivity contribution in [3.8, 4) is 0 Å². The molecule has 12 heavy (non-hydrogen) atoms. The summed E-state index contributed by atoms with van der Waals surface area (Å²) in [5.74, 6) is 0. The lowest BCUT2D eigenvalue weighted by atomic mass is 10.1. The monoisotopic (exact) mass is 226 g/mol. The average Bonchev–Trinajstić information content (AvgIpc) is 2.09. The second-order valence-electron chi connectivity index (χ2n) is 2.48. The zero-order valence-corrected chi connectivity index (χ0v) is 8.51. The van der Waals surface area contributed by atoms with Crippen molar-refractivity contribution < 1.29 is 0 Å². The number of nitrogens with two attached hydrogens (primary N) is 1. The summed E-state index contributed by atoms with van der Waals surface area (Å²) >= 11 is 3.38. The molecule has 0 aromatic heterocycles. The van der Waals surface area contributed by atoms with Crippen LogP contribution in [0.15, 0.2) is 23.2 Å². The number of benzene rings is 1. The van der Waals surface area contributed by atoms with Crippen LogP contribution in [-0.4, -0.2) is 13.3 Å². The van der Waals surface area contributed by atoms with Crippen LogP contribution in [0.2, 0.25) is 0 Å². The Balaban J connectivity index is 3.08. The van der Waals surface area contributed by atoms with Gasteiger partial charge in [-0.25, -0.2) is 0 Å². The van der Waals surface area contributed by atoms with Crippen LogP contribution in [0, 0.1) is 0 Å². The summed E-state index contributed by atoms with van der Waals surface area (Å²) in [6, 6.07) is 5.92. The number of halogens is 1. The SMILES string of the molecule is CN=Cc1cc(CBr)ccc1N. The molecule has 0 aliphatic rings. The minimum atomic E-state index is 0.769. The predicted molar refractivity (Wildman–Crippen MR) is 57.0 cm³/mol. The minimum absolute atomic E-state index is 0.769. The highest BCUT2D eigenvalue weighted by atomic mass is 79.9. The van der Waals surface area contributed by atoms with E-state index >= 15 is 0 Å². The number of nitrogen functional groups attached to an aromatic ring is 1. The fourth-order valence-corrected chi connectivity index (χ4v) is 1.31. The van der Waals surface area contributed by atoms with Gasteiger partial charge in [-0.15, -0.1) is 0 Å². The molecule has 0 fully saturated rings. The number of hydrogen-bond acceptors (Lipinski definition) is 2. The Kier molecular flexibility index (Phi) is 3.29. The molecule has 64 valence electrons. The van der Waals surface area contributed by atoms with Gasteiger partial charge in [-0.2, -0.15) is 0 Å². The predicted octanol–water partition coefficient (Wildman–Crippen LogP) is 2.21. The van der Waals surface area contributed by atoms with Crippen molar-refractivity contribution in [2.75, 3.05) is 12.8 Å². The summed E-state index contributed by atoms with van der Waals surface area (Å²) in [6.07, 6.45) is 1.77. The first-order chi connectivity index (χ1) is 5.77. The Morgan fingerprint density at radius 2 is 2.33 bits per heavy atom. The van der Waals surface area contributed by atoms with Crippen LogP contribution in [0.3, 0.4) is 0 Å². The molecule has 0 aliphatic heterocycles. The second-order valence-corrected chi connectivity index (χ2v) is 3.04. The van der Waals surface area contributed by atoms with Gasteiger partial charge in [-0.1, -0.05) is 22.0 Å². The fraction of sp³-hybridized carbons (Fsp3) is 0.222. The Bertz CT molecular complexity index is 295. The molecule has 2 N–H and O–H groups in total. The lowest BCUT2D eigenvalue weighted by molar-refractivity contribution is 1.41. The first kappa shape index (κ1) is 9.26. The van der Waals surface area contributed by atoms with Crippen molar-refractivity contribution in [2.45, 2.75) is 5.33 Å². The van der Waals surface area contributed by atoms with Crippen LogP contribution in [0.5, 0.6) is 0 Å². The van der Waals surface area contributed by atoms with Gasteiger partial charge in [0.05, 0.1) is 0 Å². The average molecular weight is 227 g/mol. The third-order valence-electron chi connectivity index (χ3n) is 1.57. The summed E-state index contributed by atoms with van der Waals surface area (Å²) in [5, 5.41) is 0.845. The molecular weight excluding hydrogens is 216 g/mol. The third kappa shape index (κ3) is 2.08. The smallest absolute Gasteiger partial charge is 0.0403 e. The molecule has 1 aromatic carbocycles. The van der Waals surface area contributed by atoms with Crippen molar-refractivity contribution in [1.82, 2.24) is 0 Å². The first-order valence-electron chi connectivity index (χ1n) is 3.64. The zero-order chi connectivity index (χ0) is 8.97. The van der Waals surface area contributed by atoms with E-state index in [9.17, 15) is 0 Å². The Hall–Kier alpha value is -0.830. The van der Waals surface area contributed by atoms with Gasteiger partial charge in [-0.05, 0) is 17.7 Å². The van der Waals surface area contributed by atoms with Gasteiger partial charge in [-0.3, -0.25) is 4.99 Å². The number of nitrogens with zero attached hydrogens (tertiary/aromatic N) is 1. The van der Waals surface area contributed by atoms with Crippen molar-refractivity contribution >= 4 is 27.8 Å². The minimum Gasteiger partial charge on any atom is -0.398 e. The third-order valence-corrected chi connectivity index (χ3v) is 2.22. The Morgan fingerprint density at radius 3 is 2.92 bits per heavy atom. The molecule has 0 saturated heterocycles. The van der Waals surface area contributed by atoms with Crippen molar-refractivity contribution in [3.05, 3.63) is 29.3 Å². The van der Waals surface area contributed by atoms with E-state index in [2.05, 4.69) is 20.9 Å². The normalized spacial score (nSPS) is 10.8. The largest absolute Gasteiger partial charge is 0.398 e.